The first-order valence-electron chi connectivity index (χ1n) is 10.2. The average molecular weight is 508 g/mol. The summed E-state index contributed by atoms with van der Waals surface area (Å²) in [6.07, 6.45) is 1.19. The maximum absolute atomic E-state index is 5.81. The molecule has 158 valence electrons. The van der Waals surface area contributed by atoms with Gasteiger partial charge < -0.3 is 19.9 Å². The van der Waals surface area contributed by atoms with Crippen LogP contribution in [0.3, 0.4) is 0 Å². The highest BCUT2D eigenvalue weighted by Gasteiger charge is 2.22. The van der Waals surface area contributed by atoms with E-state index in [1.807, 2.05) is 30.3 Å². The highest BCUT2D eigenvalue weighted by Crippen LogP contribution is 2.23. The second-order valence-electron chi connectivity index (χ2n) is 7.21. The third-order valence-corrected chi connectivity index (χ3v) is 5.04. The quantitative estimate of drug-likeness (QED) is 0.331. The number of likely N-dealkylation sites (N-methyl/N-ethyl adjacent to an activating group) is 1. The molecule has 0 aromatic heterocycles. The van der Waals surface area contributed by atoms with Crippen LogP contribution in [0.5, 0.6) is 5.75 Å². The van der Waals surface area contributed by atoms with Gasteiger partial charge >= 0.3 is 0 Å². The Morgan fingerprint density at radius 2 is 1.83 bits per heavy atom. The maximum atomic E-state index is 5.81. The lowest BCUT2D eigenvalue weighted by Crippen LogP contribution is -2.41. The summed E-state index contributed by atoms with van der Waals surface area (Å²) in [5, 5.41) is 3.40. The molecule has 5 nitrogen and oxygen atoms in total. The summed E-state index contributed by atoms with van der Waals surface area (Å²) in [6.45, 7) is 7.45. The molecule has 1 aliphatic rings. The molecule has 29 heavy (non-hydrogen) atoms. The number of ether oxygens (including phenoxy) is 1. The molecule has 1 N–H and O–H groups in total. The highest BCUT2D eigenvalue weighted by atomic mass is 127. The zero-order valence-electron chi connectivity index (χ0n) is 17.5. The van der Waals surface area contributed by atoms with E-state index < -0.39 is 0 Å². The Balaban J connectivity index is 0.00000300. The minimum Gasteiger partial charge on any atom is -0.492 e. The lowest BCUT2D eigenvalue weighted by Gasteiger charge is -2.23. The molecule has 6 heteroatoms. The number of rotatable bonds is 8. The lowest BCUT2D eigenvalue weighted by atomic mass is 10.1. The van der Waals surface area contributed by atoms with Gasteiger partial charge in [0.2, 0.25) is 0 Å². The van der Waals surface area contributed by atoms with Crippen molar-refractivity contribution < 1.29 is 4.74 Å². The van der Waals surface area contributed by atoms with Gasteiger partial charge in [-0.1, -0.05) is 36.4 Å². The van der Waals surface area contributed by atoms with Crippen LogP contribution in [0.4, 0.5) is 5.69 Å². The molecule has 0 aliphatic carbocycles. The number of guanidine groups is 1. The zero-order chi connectivity index (χ0) is 19.6. The van der Waals surface area contributed by atoms with Gasteiger partial charge in [-0.15, -0.1) is 24.0 Å². The molecule has 1 saturated heterocycles. The van der Waals surface area contributed by atoms with Crippen LogP contribution in [-0.4, -0.2) is 57.2 Å². The van der Waals surface area contributed by atoms with E-state index in [1.54, 1.807) is 0 Å². The smallest absolute Gasteiger partial charge is 0.193 e. The number of hydrogen-bond donors (Lipinski definition) is 1. The number of para-hydroxylation sites is 2. The normalized spacial score (nSPS) is 16.3. The van der Waals surface area contributed by atoms with Crippen molar-refractivity contribution in [3.05, 3.63) is 60.7 Å². The molecule has 0 bridgehead atoms. The first-order valence-corrected chi connectivity index (χ1v) is 10.2. The monoisotopic (exact) mass is 508 g/mol. The van der Waals surface area contributed by atoms with Crippen molar-refractivity contribution in [2.24, 2.45) is 10.9 Å². The SMILES string of the molecule is CCNC(=NCC1CCN(c2ccccc2)C1)N(C)CCOc1ccccc1.I. The van der Waals surface area contributed by atoms with Crippen molar-refractivity contribution in [1.29, 1.82) is 0 Å². The van der Waals surface area contributed by atoms with Crippen molar-refractivity contribution >= 4 is 35.6 Å². The fourth-order valence-corrected chi connectivity index (χ4v) is 3.46. The van der Waals surface area contributed by atoms with E-state index in [1.165, 1.54) is 12.1 Å². The summed E-state index contributed by atoms with van der Waals surface area (Å²) >= 11 is 0. The van der Waals surface area contributed by atoms with Crippen LogP contribution in [0.1, 0.15) is 13.3 Å². The lowest BCUT2D eigenvalue weighted by molar-refractivity contribution is 0.281. The molecule has 0 saturated carbocycles. The predicted molar refractivity (Wildman–Crippen MR) is 133 cm³/mol. The molecule has 2 aromatic rings. The van der Waals surface area contributed by atoms with Crippen molar-refractivity contribution in [3.8, 4) is 5.75 Å². The number of halogens is 1. The van der Waals surface area contributed by atoms with Crippen molar-refractivity contribution in [1.82, 2.24) is 10.2 Å². The first kappa shape index (κ1) is 23.3. The largest absolute Gasteiger partial charge is 0.492 e. The standard InChI is InChI=1S/C23H32N4O.HI/c1-3-24-23(26(2)16-17-28-22-12-8-5-9-13-22)25-18-20-14-15-27(19-20)21-10-6-4-7-11-21;/h4-13,20H,3,14-19H2,1-2H3,(H,24,25);1H. The van der Waals surface area contributed by atoms with E-state index in [9.17, 15) is 0 Å². The molecule has 1 fully saturated rings. The third kappa shape index (κ3) is 7.42. The summed E-state index contributed by atoms with van der Waals surface area (Å²) in [4.78, 5) is 9.51. The number of anilines is 1. The van der Waals surface area contributed by atoms with Crippen LogP contribution < -0.4 is 15.0 Å². The van der Waals surface area contributed by atoms with Gasteiger partial charge in [0, 0.05) is 38.9 Å². The van der Waals surface area contributed by atoms with E-state index in [-0.39, 0.29) is 24.0 Å². The molecule has 0 spiro atoms. The summed E-state index contributed by atoms with van der Waals surface area (Å²) in [5.74, 6) is 2.46. The average Bonchev–Trinajstić information content (AvgIpc) is 3.21. The highest BCUT2D eigenvalue weighted by molar-refractivity contribution is 14.0. The third-order valence-electron chi connectivity index (χ3n) is 5.04. The maximum Gasteiger partial charge on any atom is 0.193 e. The van der Waals surface area contributed by atoms with Crippen molar-refractivity contribution in [2.75, 3.05) is 51.3 Å². The summed E-state index contributed by atoms with van der Waals surface area (Å²) in [7, 11) is 2.07. The molecular formula is C23H33IN4O. The topological polar surface area (TPSA) is 40.1 Å². The van der Waals surface area contributed by atoms with Gasteiger partial charge in [-0.25, -0.2) is 0 Å². The fourth-order valence-electron chi connectivity index (χ4n) is 3.46. The Bertz CT molecular complexity index is 726. The number of benzene rings is 2. The Hall–Kier alpha value is -1.96. The summed E-state index contributed by atoms with van der Waals surface area (Å²) in [5.41, 5.74) is 1.32. The van der Waals surface area contributed by atoms with Gasteiger partial charge in [-0.2, -0.15) is 0 Å². The van der Waals surface area contributed by atoms with E-state index >= 15 is 0 Å². The Morgan fingerprint density at radius 3 is 2.52 bits per heavy atom. The summed E-state index contributed by atoms with van der Waals surface area (Å²) < 4.78 is 5.81. The number of aliphatic imine (C=N–C) groups is 1. The Labute approximate surface area is 192 Å². The minimum atomic E-state index is 0. The van der Waals surface area contributed by atoms with Crippen LogP contribution in [-0.2, 0) is 0 Å². The second kappa shape index (κ2) is 12.6. The van der Waals surface area contributed by atoms with Gasteiger partial charge in [0.05, 0.1) is 6.54 Å². The fraction of sp³-hybridized carbons (Fsp3) is 0.435. The van der Waals surface area contributed by atoms with Crippen LogP contribution >= 0.6 is 24.0 Å². The summed E-state index contributed by atoms with van der Waals surface area (Å²) in [6, 6.07) is 20.6. The van der Waals surface area contributed by atoms with Crippen molar-refractivity contribution in [2.45, 2.75) is 13.3 Å². The molecule has 1 heterocycles. The molecule has 0 radical (unpaired) electrons. The van der Waals surface area contributed by atoms with E-state index in [4.69, 9.17) is 9.73 Å². The van der Waals surface area contributed by atoms with Gasteiger partial charge in [-0.05, 0) is 43.5 Å². The van der Waals surface area contributed by atoms with E-state index in [2.05, 4.69) is 59.4 Å². The first-order chi connectivity index (χ1) is 13.8. The molecular weight excluding hydrogens is 475 g/mol. The van der Waals surface area contributed by atoms with E-state index in [0.29, 0.717) is 12.5 Å². The Morgan fingerprint density at radius 1 is 1.14 bits per heavy atom. The molecule has 1 aliphatic heterocycles. The van der Waals surface area contributed by atoms with Gasteiger partial charge in [0.15, 0.2) is 5.96 Å². The molecule has 1 atom stereocenters. The van der Waals surface area contributed by atoms with Crippen molar-refractivity contribution in [3.63, 3.8) is 0 Å². The van der Waals surface area contributed by atoms with Gasteiger partial charge in [-0.3, -0.25) is 4.99 Å². The zero-order valence-corrected chi connectivity index (χ0v) is 19.8. The van der Waals surface area contributed by atoms with Gasteiger partial charge in [0.25, 0.3) is 0 Å². The molecule has 2 aromatic carbocycles. The predicted octanol–water partition coefficient (Wildman–Crippen LogP) is 4.11. The Kier molecular flexibility index (Phi) is 10.1. The van der Waals surface area contributed by atoms with Crippen LogP contribution in [0.25, 0.3) is 0 Å². The molecule has 1 unspecified atom stereocenters. The number of nitrogens with one attached hydrogen (secondary N) is 1. The van der Waals surface area contributed by atoms with Crippen LogP contribution in [0.2, 0.25) is 0 Å². The van der Waals surface area contributed by atoms with E-state index in [0.717, 1.165) is 44.4 Å². The second-order valence-corrected chi connectivity index (χ2v) is 7.21. The van der Waals surface area contributed by atoms with Crippen LogP contribution in [0.15, 0.2) is 65.7 Å². The number of hydrogen-bond acceptors (Lipinski definition) is 3. The number of nitrogens with zero attached hydrogens (tertiary/aromatic N) is 3. The molecule has 0 amide bonds. The van der Waals surface area contributed by atoms with Crippen LogP contribution in [0, 0.1) is 5.92 Å². The minimum absolute atomic E-state index is 0. The molecule has 3 rings (SSSR count). The van der Waals surface area contributed by atoms with Gasteiger partial charge in [0.1, 0.15) is 12.4 Å².